The molecular weight excluding hydrogens is 518 g/mol. The standard InChI is InChI=1S/C28H24N4O2.C3H5N.CH4S/c1-18-8-9-20(34-2)16-22(18)27(33)31-28(10-11-28)23-14-19(15-24-21(23)6-5-12-29-24)26-25-7-3-4-13-32(25)17-30-26;1-2-4-3-1;1-2/h3-9,12-17H,10-11H2,1-2H3,(H,31,33);1-2,4H,3H2;2H,1H3. The zero-order chi connectivity index (χ0) is 28.1. The van der Waals surface area contributed by atoms with E-state index < -0.39 is 5.54 Å². The van der Waals surface area contributed by atoms with E-state index in [1.54, 1.807) is 25.6 Å². The fraction of sp³-hybridized carbons (Fsp3) is 0.219. The van der Waals surface area contributed by atoms with Gasteiger partial charge in [0.15, 0.2) is 0 Å². The molecule has 204 valence electrons. The van der Waals surface area contributed by atoms with Crippen LogP contribution in [-0.4, -0.2) is 40.2 Å². The summed E-state index contributed by atoms with van der Waals surface area (Å²) in [6.07, 6.45) is 13.1. The zero-order valence-electron chi connectivity index (χ0n) is 22.9. The molecule has 0 bridgehead atoms. The minimum absolute atomic E-state index is 0.0937. The number of ether oxygens (including phenoxy) is 1. The monoisotopic (exact) mass is 551 g/mol. The van der Waals surface area contributed by atoms with Crippen molar-refractivity contribution in [2.24, 2.45) is 0 Å². The number of aryl methyl sites for hydroxylation is 1. The second-order valence-corrected chi connectivity index (χ2v) is 9.71. The number of benzene rings is 2. The SMILES string of the molecule is C1=CNC1.COc1ccc(C)c(C(=O)NC2(c3cc(-c4ncn5ccccc45)cc4ncccc34)CC2)c1.CS. The van der Waals surface area contributed by atoms with Crippen LogP contribution >= 0.6 is 12.6 Å². The molecule has 1 fully saturated rings. The van der Waals surface area contributed by atoms with E-state index in [4.69, 9.17) is 4.74 Å². The summed E-state index contributed by atoms with van der Waals surface area (Å²) in [5.74, 6) is 0.577. The number of nitrogens with zero attached hydrogens (tertiary/aromatic N) is 3. The van der Waals surface area contributed by atoms with E-state index in [0.717, 1.165) is 58.2 Å². The van der Waals surface area contributed by atoms with Gasteiger partial charge in [-0.1, -0.05) is 18.2 Å². The third-order valence-corrected chi connectivity index (χ3v) is 7.22. The van der Waals surface area contributed by atoms with E-state index in [2.05, 4.69) is 63.6 Å². The van der Waals surface area contributed by atoms with Crippen LogP contribution in [0.15, 0.2) is 91.7 Å². The first-order valence-corrected chi connectivity index (χ1v) is 14.1. The van der Waals surface area contributed by atoms with Crippen LogP contribution in [0.5, 0.6) is 5.75 Å². The fourth-order valence-corrected chi connectivity index (χ4v) is 4.84. The lowest BCUT2D eigenvalue weighted by molar-refractivity contribution is 0.0930. The Kier molecular flexibility index (Phi) is 8.07. The second-order valence-electron chi connectivity index (χ2n) is 9.71. The first kappa shape index (κ1) is 27.3. The Morgan fingerprint density at radius 3 is 2.55 bits per heavy atom. The van der Waals surface area contributed by atoms with Crippen molar-refractivity contribution < 1.29 is 9.53 Å². The van der Waals surface area contributed by atoms with Crippen LogP contribution in [0.25, 0.3) is 27.7 Å². The Hall–Kier alpha value is -4.30. The third kappa shape index (κ3) is 5.40. The molecule has 2 N–H and O–H groups in total. The minimum atomic E-state index is -0.431. The van der Waals surface area contributed by atoms with Gasteiger partial charge in [0.25, 0.3) is 5.91 Å². The first-order chi connectivity index (χ1) is 19.6. The Labute approximate surface area is 239 Å². The summed E-state index contributed by atoms with van der Waals surface area (Å²) in [6, 6.07) is 19.9. The van der Waals surface area contributed by atoms with Crippen LogP contribution in [-0.2, 0) is 5.54 Å². The van der Waals surface area contributed by atoms with Gasteiger partial charge in [0.1, 0.15) is 5.75 Å². The molecular formula is C32H33N5O2S. The first-order valence-electron chi connectivity index (χ1n) is 13.2. The van der Waals surface area contributed by atoms with Crippen molar-refractivity contribution in [3.05, 3.63) is 108 Å². The van der Waals surface area contributed by atoms with Gasteiger partial charge in [-0.25, -0.2) is 4.98 Å². The summed E-state index contributed by atoms with van der Waals surface area (Å²) < 4.78 is 7.35. The molecule has 1 aliphatic heterocycles. The van der Waals surface area contributed by atoms with Crippen molar-refractivity contribution in [1.82, 2.24) is 25.0 Å². The lowest BCUT2D eigenvalue weighted by atomic mass is 9.94. The van der Waals surface area contributed by atoms with Gasteiger partial charge in [0.2, 0.25) is 0 Å². The summed E-state index contributed by atoms with van der Waals surface area (Å²) in [5, 5.41) is 7.33. The average molecular weight is 552 g/mol. The maximum Gasteiger partial charge on any atom is 0.252 e. The number of hydrogen-bond donors (Lipinski definition) is 3. The molecule has 4 heterocycles. The molecule has 0 spiro atoms. The predicted octanol–water partition coefficient (Wildman–Crippen LogP) is 5.93. The maximum absolute atomic E-state index is 13.4. The van der Waals surface area contributed by atoms with Crippen molar-refractivity contribution in [3.63, 3.8) is 0 Å². The van der Waals surface area contributed by atoms with Gasteiger partial charge in [-0.3, -0.25) is 9.78 Å². The van der Waals surface area contributed by atoms with Crippen molar-refractivity contribution in [2.75, 3.05) is 19.9 Å². The highest BCUT2D eigenvalue weighted by atomic mass is 32.1. The predicted molar refractivity (Wildman–Crippen MR) is 164 cm³/mol. The number of carbonyl (C=O) groups excluding carboxylic acids is 1. The number of nitrogens with one attached hydrogen (secondary N) is 2. The molecule has 1 saturated carbocycles. The minimum Gasteiger partial charge on any atom is -0.497 e. The van der Waals surface area contributed by atoms with E-state index in [1.165, 1.54) is 0 Å². The molecule has 0 atom stereocenters. The number of fused-ring (bicyclic) bond motifs is 2. The number of methoxy groups -OCH3 is 1. The van der Waals surface area contributed by atoms with Gasteiger partial charge in [-0.2, -0.15) is 12.6 Å². The van der Waals surface area contributed by atoms with Gasteiger partial charge in [0, 0.05) is 35.5 Å². The lowest BCUT2D eigenvalue weighted by Crippen LogP contribution is -2.35. The molecule has 2 aromatic carbocycles. The van der Waals surface area contributed by atoms with Crippen molar-refractivity contribution in [3.8, 4) is 17.0 Å². The number of amides is 1. The number of imidazole rings is 1. The molecule has 1 aliphatic carbocycles. The van der Waals surface area contributed by atoms with Crippen LogP contribution < -0.4 is 15.4 Å². The van der Waals surface area contributed by atoms with Gasteiger partial charge >= 0.3 is 0 Å². The number of thiol groups is 1. The Morgan fingerprint density at radius 2 is 1.85 bits per heavy atom. The highest BCUT2D eigenvalue weighted by Gasteiger charge is 2.47. The van der Waals surface area contributed by atoms with E-state index in [1.807, 2.05) is 60.4 Å². The smallest absolute Gasteiger partial charge is 0.252 e. The van der Waals surface area contributed by atoms with Gasteiger partial charge < -0.3 is 19.8 Å². The van der Waals surface area contributed by atoms with Crippen LogP contribution in [0.1, 0.15) is 34.3 Å². The maximum atomic E-state index is 13.4. The summed E-state index contributed by atoms with van der Waals surface area (Å²) in [6.45, 7) is 3.01. The zero-order valence-corrected chi connectivity index (χ0v) is 23.8. The topological polar surface area (TPSA) is 80.5 Å². The summed E-state index contributed by atoms with van der Waals surface area (Å²) in [7, 11) is 1.61. The van der Waals surface area contributed by atoms with E-state index >= 15 is 0 Å². The molecule has 0 saturated heterocycles. The number of aromatic nitrogens is 3. The highest BCUT2D eigenvalue weighted by Crippen LogP contribution is 2.49. The molecule has 3 aromatic heterocycles. The summed E-state index contributed by atoms with van der Waals surface area (Å²) in [4.78, 5) is 22.7. The Balaban J connectivity index is 0.000000487. The molecule has 40 heavy (non-hydrogen) atoms. The van der Waals surface area contributed by atoms with E-state index in [9.17, 15) is 4.79 Å². The van der Waals surface area contributed by atoms with Crippen molar-refractivity contribution in [1.29, 1.82) is 0 Å². The highest BCUT2D eigenvalue weighted by molar-refractivity contribution is 7.79. The van der Waals surface area contributed by atoms with Crippen molar-refractivity contribution >= 4 is 35.0 Å². The van der Waals surface area contributed by atoms with Crippen molar-refractivity contribution in [2.45, 2.75) is 25.3 Å². The normalized spacial score (nSPS) is 14.1. The Morgan fingerprint density at radius 1 is 1.07 bits per heavy atom. The van der Waals surface area contributed by atoms with Crippen LogP contribution in [0.4, 0.5) is 0 Å². The largest absolute Gasteiger partial charge is 0.497 e. The molecule has 7 nitrogen and oxygen atoms in total. The molecule has 1 amide bonds. The number of carbonyl (C=O) groups is 1. The molecule has 0 radical (unpaired) electrons. The van der Waals surface area contributed by atoms with Gasteiger partial charge in [-0.05, 0) is 91.9 Å². The average Bonchev–Trinajstić information content (AvgIpc) is 3.61. The molecule has 5 aromatic rings. The lowest BCUT2D eigenvalue weighted by Gasteiger charge is -2.22. The van der Waals surface area contributed by atoms with Crippen LogP contribution in [0, 0.1) is 6.92 Å². The van der Waals surface area contributed by atoms with Gasteiger partial charge in [0.05, 0.1) is 35.7 Å². The van der Waals surface area contributed by atoms with Crippen LogP contribution in [0.2, 0.25) is 0 Å². The second kappa shape index (κ2) is 11.8. The quantitative estimate of drug-likeness (QED) is 0.236. The Bertz CT molecular complexity index is 1680. The summed E-state index contributed by atoms with van der Waals surface area (Å²) in [5.41, 5.74) is 6.02. The fourth-order valence-electron chi connectivity index (χ4n) is 4.84. The molecule has 8 heteroatoms. The summed E-state index contributed by atoms with van der Waals surface area (Å²) >= 11 is 3.53. The van der Waals surface area contributed by atoms with E-state index in [-0.39, 0.29) is 5.91 Å². The molecule has 2 aliphatic rings. The van der Waals surface area contributed by atoms with Crippen LogP contribution in [0.3, 0.4) is 0 Å². The number of hydrogen-bond acceptors (Lipinski definition) is 6. The number of rotatable bonds is 5. The third-order valence-electron chi connectivity index (χ3n) is 7.22. The van der Waals surface area contributed by atoms with E-state index in [0.29, 0.717) is 11.3 Å². The number of pyridine rings is 2. The molecule has 7 rings (SSSR count). The molecule has 0 unspecified atom stereocenters. The van der Waals surface area contributed by atoms with Gasteiger partial charge in [-0.15, -0.1) is 0 Å².